The number of rotatable bonds is 5. The molecule has 1 saturated heterocycles. The van der Waals surface area contributed by atoms with E-state index in [9.17, 15) is 10.2 Å². The second kappa shape index (κ2) is 5.74. The minimum atomic E-state index is -1.05. The molecule has 0 aromatic carbocycles. The van der Waals surface area contributed by atoms with E-state index in [4.69, 9.17) is 15.3 Å². The first-order valence-corrected chi connectivity index (χ1v) is 5.11. The summed E-state index contributed by atoms with van der Waals surface area (Å²) in [6, 6.07) is -1.13. The molecule has 1 aliphatic heterocycles. The van der Waals surface area contributed by atoms with Crippen LogP contribution in [0.5, 0.6) is 0 Å². The average Bonchev–Trinajstić information content (AvgIpc) is 2.48. The number of hydrogen-bond acceptors (Lipinski definition) is 6. The predicted octanol–water partition coefficient (Wildman–Crippen LogP) is -2.87. The summed E-state index contributed by atoms with van der Waals surface area (Å²) in [4.78, 5) is 1.64. The number of aliphatic hydroxyl groups is 5. The molecule has 6 nitrogen and oxygen atoms in total. The van der Waals surface area contributed by atoms with E-state index in [1.807, 2.05) is 0 Å². The van der Waals surface area contributed by atoms with Gasteiger partial charge in [-0.25, -0.2) is 0 Å². The minimum absolute atomic E-state index is 0.00100. The van der Waals surface area contributed by atoms with Gasteiger partial charge in [0.05, 0.1) is 37.5 Å². The Kier molecular flexibility index (Phi) is 4.91. The monoisotopic (exact) mass is 221 g/mol. The molecule has 5 N–H and O–H groups in total. The quantitative estimate of drug-likeness (QED) is 0.342. The van der Waals surface area contributed by atoms with Crippen molar-refractivity contribution < 1.29 is 25.5 Å². The van der Waals surface area contributed by atoms with Crippen molar-refractivity contribution in [2.45, 2.75) is 30.7 Å². The maximum absolute atomic E-state index is 9.60. The van der Waals surface area contributed by atoms with Crippen molar-refractivity contribution in [3.63, 3.8) is 0 Å². The predicted molar refractivity (Wildman–Crippen MR) is 52.2 cm³/mol. The second-order valence-corrected chi connectivity index (χ2v) is 3.80. The second-order valence-electron chi connectivity index (χ2n) is 3.80. The van der Waals surface area contributed by atoms with Crippen molar-refractivity contribution in [3.8, 4) is 0 Å². The van der Waals surface area contributed by atoms with E-state index in [-0.39, 0.29) is 19.8 Å². The summed E-state index contributed by atoms with van der Waals surface area (Å²) in [7, 11) is 0. The van der Waals surface area contributed by atoms with Gasteiger partial charge in [0, 0.05) is 13.2 Å². The molecule has 0 radical (unpaired) electrons. The van der Waals surface area contributed by atoms with Gasteiger partial charge in [-0.05, 0) is 6.42 Å². The molecule has 1 aliphatic rings. The summed E-state index contributed by atoms with van der Waals surface area (Å²) >= 11 is 0. The lowest BCUT2D eigenvalue weighted by Gasteiger charge is -2.27. The fourth-order valence-corrected chi connectivity index (χ4v) is 2.10. The Morgan fingerprint density at radius 3 is 1.67 bits per heavy atom. The summed E-state index contributed by atoms with van der Waals surface area (Å²) in [6.07, 6.45) is -1.62. The molecule has 0 aromatic rings. The van der Waals surface area contributed by atoms with E-state index in [0.29, 0.717) is 13.0 Å². The third-order valence-corrected chi connectivity index (χ3v) is 2.94. The van der Waals surface area contributed by atoms with Crippen molar-refractivity contribution in [1.29, 1.82) is 0 Å². The molecule has 0 bridgehead atoms. The summed E-state index contributed by atoms with van der Waals surface area (Å²) in [5.41, 5.74) is 0. The third kappa shape index (κ3) is 2.47. The number of likely N-dealkylation sites (tertiary alicyclic amines) is 1. The summed E-state index contributed by atoms with van der Waals surface area (Å²) in [5, 5.41) is 46.1. The SMILES string of the molecule is OCCCN1[C@H](CO)[C@@H](O)[C@H](O)[C@H]1CO. The lowest BCUT2D eigenvalue weighted by atomic mass is 10.1. The molecule has 90 valence electrons. The van der Waals surface area contributed by atoms with Crippen molar-refractivity contribution in [1.82, 2.24) is 4.90 Å². The van der Waals surface area contributed by atoms with Crippen LogP contribution in [-0.4, -0.2) is 81.1 Å². The molecule has 4 atom stereocenters. The van der Waals surface area contributed by atoms with E-state index >= 15 is 0 Å². The van der Waals surface area contributed by atoms with Crippen LogP contribution >= 0.6 is 0 Å². The van der Waals surface area contributed by atoms with Crippen LogP contribution in [0.1, 0.15) is 6.42 Å². The van der Waals surface area contributed by atoms with Gasteiger partial charge in [-0.15, -0.1) is 0 Å². The van der Waals surface area contributed by atoms with Crippen LogP contribution in [0.25, 0.3) is 0 Å². The Balaban J connectivity index is 2.68. The Morgan fingerprint density at radius 1 is 0.867 bits per heavy atom. The summed E-state index contributed by atoms with van der Waals surface area (Å²) in [6.45, 7) is -0.125. The number of hydrogen-bond donors (Lipinski definition) is 5. The van der Waals surface area contributed by atoms with Crippen LogP contribution in [0, 0.1) is 0 Å². The fourth-order valence-electron chi connectivity index (χ4n) is 2.10. The Hall–Kier alpha value is -0.240. The maximum Gasteiger partial charge on any atom is 0.0992 e. The molecule has 1 rings (SSSR count). The molecule has 1 fully saturated rings. The van der Waals surface area contributed by atoms with Crippen molar-refractivity contribution in [3.05, 3.63) is 0 Å². The molecule has 0 spiro atoms. The van der Waals surface area contributed by atoms with Crippen molar-refractivity contribution >= 4 is 0 Å². The molecule has 0 aromatic heterocycles. The zero-order valence-corrected chi connectivity index (χ0v) is 8.53. The fraction of sp³-hybridized carbons (Fsp3) is 1.00. The van der Waals surface area contributed by atoms with E-state index in [0.717, 1.165) is 0 Å². The summed E-state index contributed by atoms with van der Waals surface area (Å²) < 4.78 is 0. The molecular formula is C9H19NO5. The highest BCUT2D eigenvalue weighted by atomic mass is 16.3. The van der Waals surface area contributed by atoms with Crippen LogP contribution in [0.4, 0.5) is 0 Å². The highest BCUT2D eigenvalue weighted by Crippen LogP contribution is 2.24. The smallest absolute Gasteiger partial charge is 0.0992 e. The third-order valence-electron chi connectivity index (χ3n) is 2.94. The van der Waals surface area contributed by atoms with E-state index in [2.05, 4.69) is 0 Å². The Bertz CT molecular complexity index is 175. The van der Waals surface area contributed by atoms with Crippen molar-refractivity contribution in [2.75, 3.05) is 26.4 Å². The van der Waals surface area contributed by atoms with Gasteiger partial charge in [-0.1, -0.05) is 0 Å². The molecule has 15 heavy (non-hydrogen) atoms. The van der Waals surface area contributed by atoms with Crippen LogP contribution in [-0.2, 0) is 0 Å². The number of nitrogens with zero attached hydrogens (tertiary/aromatic N) is 1. The first-order valence-electron chi connectivity index (χ1n) is 5.11. The lowest BCUT2D eigenvalue weighted by Crippen LogP contribution is -2.43. The van der Waals surface area contributed by atoms with Gasteiger partial charge in [0.1, 0.15) is 0 Å². The highest BCUT2D eigenvalue weighted by molar-refractivity contribution is 5.00. The standard InChI is InChI=1S/C9H19NO5/c11-3-1-2-10-6(4-12)8(14)9(15)7(10)5-13/h6-9,11-15H,1-5H2/t6-,7-,8-,9-/m1/s1. The average molecular weight is 221 g/mol. The van der Waals surface area contributed by atoms with Gasteiger partial charge in [0.2, 0.25) is 0 Å². The van der Waals surface area contributed by atoms with Crippen LogP contribution < -0.4 is 0 Å². The maximum atomic E-state index is 9.60. The normalized spacial score (nSPS) is 37.4. The number of aliphatic hydroxyl groups excluding tert-OH is 5. The first-order chi connectivity index (χ1) is 7.17. The van der Waals surface area contributed by atoms with E-state index in [1.165, 1.54) is 0 Å². The van der Waals surface area contributed by atoms with Crippen LogP contribution in [0.15, 0.2) is 0 Å². The van der Waals surface area contributed by atoms with Gasteiger partial charge < -0.3 is 25.5 Å². The van der Waals surface area contributed by atoms with Gasteiger partial charge in [-0.2, -0.15) is 0 Å². The molecule has 0 amide bonds. The van der Waals surface area contributed by atoms with E-state index in [1.54, 1.807) is 4.90 Å². The largest absolute Gasteiger partial charge is 0.396 e. The molecular weight excluding hydrogens is 202 g/mol. The van der Waals surface area contributed by atoms with Gasteiger partial charge in [0.25, 0.3) is 0 Å². The minimum Gasteiger partial charge on any atom is -0.396 e. The lowest BCUT2D eigenvalue weighted by molar-refractivity contribution is 0.0130. The van der Waals surface area contributed by atoms with E-state index < -0.39 is 24.3 Å². The Labute approximate surface area is 88.4 Å². The molecule has 0 aliphatic carbocycles. The van der Waals surface area contributed by atoms with Crippen LogP contribution in [0.3, 0.4) is 0 Å². The first kappa shape index (κ1) is 12.8. The topological polar surface area (TPSA) is 104 Å². The van der Waals surface area contributed by atoms with Gasteiger partial charge in [0.15, 0.2) is 0 Å². The molecule has 6 heteroatoms. The highest BCUT2D eigenvalue weighted by Gasteiger charge is 2.46. The van der Waals surface area contributed by atoms with Gasteiger partial charge in [-0.3, -0.25) is 4.90 Å². The summed E-state index contributed by atoms with van der Waals surface area (Å²) in [5.74, 6) is 0. The van der Waals surface area contributed by atoms with Crippen molar-refractivity contribution in [2.24, 2.45) is 0 Å². The zero-order valence-electron chi connectivity index (χ0n) is 8.53. The molecule has 1 heterocycles. The molecule has 0 saturated carbocycles. The Morgan fingerprint density at radius 2 is 1.33 bits per heavy atom. The van der Waals surface area contributed by atoms with Crippen LogP contribution in [0.2, 0.25) is 0 Å². The molecule has 0 unspecified atom stereocenters. The van der Waals surface area contributed by atoms with Gasteiger partial charge >= 0.3 is 0 Å². The zero-order chi connectivity index (χ0) is 11.4.